The average molecular weight is 1000 g/mol. The van der Waals surface area contributed by atoms with E-state index in [4.69, 9.17) is 15.0 Å². The van der Waals surface area contributed by atoms with E-state index < -0.39 is 0 Å². The molecule has 12 aromatic rings. The summed E-state index contributed by atoms with van der Waals surface area (Å²) >= 11 is 0. The smallest absolute Gasteiger partial charge is 0.242 e. The van der Waals surface area contributed by atoms with Gasteiger partial charge in [-0.1, -0.05) is 280 Å². The van der Waals surface area contributed by atoms with Crippen molar-refractivity contribution in [3.63, 3.8) is 0 Å². The third-order valence-corrected chi connectivity index (χ3v) is 15.3. The average Bonchev–Trinajstić information content (AvgIpc) is 3.60. The highest BCUT2D eigenvalue weighted by molar-refractivity contribution is 6.96. The van der Waals surface area contributed by atoms with Crippen molar-refractivity contribution in [2.24, 2.45) is 0 Å². The number of rotatable bonds is 12. The topological polar surface area (TPSA) is 41.9 Å². The zero-order chi connectivity index (χ0) is 53.3. The van der Waals surface area contributed by atoms with Crippen LogP contribution in [0.25, 0.3) is 78.1 Å². The van der Waals surface area contributed by atoms with Crippen LogP contribution in [-0.4, -0.2) is 21.7 Å². The Morgan fingerprint density at radius 2 is 0.731 bits per heavy atom. The van der Waals surface area contributed by atoms with Crippen molar-refractivity contribution in [1.82, 2.24) is 15.0 Å². The summed E-state index contributed by atoms with van der Waals surface area (Å²) in [6, 6.07) is 89.1. The number of fused-ring (bicyclic) bond motifs is 1. The van der Waals surface area contributed by atoms with Gasteiger partial charge in [-0.25, -0.2) is 4.98 Å². The number of hydrogen-bond donors (Lipinski definition) is 0. The molecule has 4 nitrogen and oxygen atoms in total. The minimum Gasteiger partial charge on any atom is -0.278 e. The molecule has 0 aliphatic heterocycles. The number of nitrogens with zero attached hydrogens (tertiary/aromatic N) is 4. The highest BCUT2D eigenvalue weighted by Gasteiger charge is 2.30. The molecule has 0 spiro atoms. The van der Waals surface area contributed by atoms with Crippen LogP contribution in [0.4, 0.5) is 17.3 Å². The van der Waals surface area contributed by atoms with E-state index in [0.717, 1.165) is 50.3 Å². The first-order chi connectivity index (χ1) is 38.2. The fourth-order valence-electron chi connectivity index (χ4n) is 12.0. The summed E-state index contributed by atoms with van der Waals surface area (Å²) in [5.41, 5.74) is 24.2. The van der Waals surface area contributed by atoms with E-state index in [1.54, 1.807) is 0 Å². The van der Waals surface area contributed by atoms with E-state index in [1.807, 2.05) is 0 Å². The summed E-state index contributed by atoms with van der Waals surface area (Å²) in [4.78, 5) is 18.7. The molecule has 374 valence electrons. The van der Waals surface area contributed by atoms with Gasteiger partial charge in [0.05, 0.1) is 5.69 Å². The van der Waals surface area contributed by atoms with Crippen molar-refractivity contribution in [3.05, 3.63) is 282 Å². The van der Waals surface area contributed by atoms with Crippen LogP contribution in [0, 0.1) is 41.5 Å². The lowest BCUT2D eigenvalue weighted by molar-refractivity contribution is 1.02. The van der Waals surface area contributed by atoms with E-state index in [1.165, 1.54) is 77.2 Å². The van der Waals surface area contributed by atoms with Crippen LogP contribution in [0.5, 0.6) is 0 Å². The van der Waals surface area contributed by atoms with Gasteiger partial charge in [-0.15, -0.1) is 0 Å². The maximum atomic E-state index is 5.56. The van der Waals surface area contributed by atoms with Gasteiger partial charge < -0.3 is 0 Å². The van der Waals surface area contributed by atoms with E-state index >= 15 is 0 Å². The molecule has 0 bridgehead atoms. The lowest BCUT2D eigenvalue weighted by Gasteiger charge is -2.28. The molecule has 5 heteroatoms. The second-order valence-electron chi connectivity index (χ2n) is 20.7. The summed E-state index contributed by atoms with van der Waals surface area (Å²) in [5, 5.41) is 2.42. The van der Waals surface area contributed by atoms with Crippen molar-refractivity contribution in [2.75, 3.05) is 4.90 Å². The summed E-state index contributed by atoms with van der Waals surface area (Å²) in [6.45, 7) is 13.5. The molecular weight excluding hydrogens is 944 g/mol. The molecule has 0 unspecified atom stereocenters. The van der Waals surface area contributed by atoms with Gasteiger partial charge in [0.15, 0.2) is 11.6 Å². The van der Waals surface area contributed by atoms with E-state index in [0.29, 0.717) is 17.6 Å². The van der Waals surface area contributed by atoms with Crippen molar-refractivity contribution < 1.29 is 0 Å². The molecule has 0 N–H and O–H groups in total. The van der Waals surface area contributed by atoms with Gasteiger partial charge in [-0.2, -0.15) is 9.97 Å². The Morgan fingerprint density at radius 1 is 0.321 bits per heavy atom. The highest BCUT2D eigenvalue weighted by Crippen LogP contribution is 2.42. The fraction of sp³-hybridized carbons (Fsp3) is 0.0822. The molecule has 0 saturated carbocycles. The standard InChI is InChI=1S/C73H59BN4/c1-48-44-50(3)69(51(4)45-48)74(70-52(5)46-49(2)47-53(70)6)60-40-42-61(43-41-60)78(67-35-19-18-31-63(67)55-24-12-8-13-25-55)73-76-71(75-72(77-73)66-32-17-16-30-62(66)54-22-10-7-11-23-54)59-38-36-57(37-39-59)65-34-21-29-58-28-20-33-64(68(58)65)56-26-14-9-15-27-56/h7-47H,1-6H3. The Labute approximate surface area is 459 Å². The summed E-state index contributed by atoms with van der Waals surface area (Å²) in [6.07, 6.45) is 0. The van der Waals surface area contributed by atoms with Crippen LogP contribution in [0.15, 0.2) is 249 Å². The van der Waals surface area contributed by atoms with Gasteiger partial charge in [-0.3, -0.25) is 4.90 Å². The lowest BCUT2D eigenvalue weighted by Crippen LogP contribution is -2.55. The fourth-order valence-corrected chi connectivity index (χ4v) is 12.0. The quantitative estimate of drug-likeness (QED) is 0.114. The number of aromatic nitrogens is 3. The van der Waals surface area contributed by atoms with Gasteiger partial charge in [0, 0.05) is 22.4 Å². The molecule has 1 heterocycles. The Bertz CT molecular complexity index is 4030. The molecule has 12 rings (SSSR count). The van der Waals surface area contributed by atoms with Crippen LogP contribution in [-0.2, 0) is 0 Å². The maximum Gasteiger partial charge on any atom is 0.242 e. The third-order valence-electron chi connectivity index (χ3n) is 15.3. The van der Waals surface area contributed by atoms with Crippen LogP contribution in [0.1, 0.15) is 33.4 Å². The van der Waals surface area contributed by atoms with Gasteiger partial charge in [0.2, 0.25) is 12.7 Å². The van der Waals surface area contributed by atoms with Gasteiger partial charge in [0.1, 0.15) is 0 Å². The minimum atomic E-state index is 0.0111. The highest BCUT2D eigenvalue weighted by atomic mass is 15.3. The van der Waals surface area contributed by atoms with E-state index in [2.05, 4.69) is 295 Å². The van der Waals surface area contributed by atoms with Crippen molar-refractivity contribution >= 4 is 51.2 Å². The second-order valence-corrected chi connectivity index (χ2v) is 20.7. The molecule has 1 aromatic heterocycles. The Hall–Kier alpha value is -9.45. The molecule has 0 aliphatic carbocycles. The van der Waals surface area contributed by atoms with Crippen LogP contribution in [0.3, 0.4) is 0 Å². The van der Waals surface area contributed by atoms with Gasteiger partial charge in [-0.05, 0) is 109 Å². The Balaban J connectivity index is 1.06. The van der Waals surface area contributed by atoms with Gasteiger partial charge >= 0.3 is 0 Å². The number of anilines is 3. The largest absolute Gasteiger partial charge is 0.278 e. The van der Waals surface area contributed by atoms with Crippen LogP contribution < -0.4 is 21.3 Å². The first-order valence-electron chi connectivity index (χ1n) is 27.0. The number of benzene rings is 11. The van der Waals surface area contributed by atoms with Crippen molar-refractivity contribution in [1.29, 1.82) is 0 Å². The molecule has 0 aliphatic rings. The summed E-state index contributed by atoms with van der Waals surface area (Å²) < 4.78 is 0. The maximum absolute atomic E-state index is 5.56. The molecule has 11 aromatic carbocycles. The number of aryl methyl sites for hydroxylation is 6. The minimum absolute atomic E-state index is 0.0111. The molecule has 0 saturated heterocycles. The predicted octanol–water partition coefficient (Wildman–Crippen LogP) is 16.9. The molecule has 0 amide bonds. The second kappa shape index (κ2) is 21.3. The first kappa shape index (κ1) is 49.4. The van der Waals surface area contributed by atoms with Crippen molar-refractivity contribution in [3.8, 4) is 67.3 Å². The normalized spacial score (nSPS) is 11.2. The summed E-state index contributed by atoms with van der Waals surface area (Å²) in [5.74, 6) is 1.66. The van der Waals surface area contributed by atoms with E-state index in [-0.39, 0.29) is 6.71 Å². The molecule has 78 heavy (non-hydrogen) atoms. The first-order valence-corrected chi connectivity index (χ1v) is 27.0. The number of hydrogen-bond acceptors (Lipinski definition) is 4. The molecule has 0 fully saturated rings. The Morgan fingerprint density at radius 3 is 1.27 bits per heavy atom. The zero-order valence-corrected chi connectivity index (χ0v) is 45.0. The molecule has 0 radical (unpaired) electrons. The van der Waals surface area contributed by atoms with E-state index in [9.17, 15) is 0 Å². The SMILES string of the molecule is Cc1cc(C)c(B(c2ccc(N(c3nc(-c4ccc(-c5cccc6cccc(-c7ccccc7)c56)cc4)nc(-c4ccccc4-c4ccccc4)n3)c3ccccc3-c3ccccc3)cc2)c2c(C)cc(C)cc2C)c(C)c1. The lowest BCUT2D eigenvalue weighted by atomic mass is 9.34. The third kappa shape index (κ3) is 9.61. The number of para-hydroxylation sites is 1. The molecular formula is C73H59BN4. The monoisotopic (exact) mass is 1000 g/mol. The molecule has 0 atom stereocenters. The van der Waals surface area contributed by atoms with Crippen molar-refractivity contribution in [2.45, 2.75) is 41.5 Å². The zero-order valence-electron chi connectivity index (χ0n) is 45.0. The Kier molecular flexibility index (Phi) is 13.5. The summed E-state index contributed by atoms with van der Waals surface area (Å²) in [7, 11) is 0. The van der Waals surface area contributed by atoms with Gasteiger partial charge in [0.25, 0.3) is 0 Å². The van der Waals surface area contributed by atoms with Crippen LogP contribution >= 0.6 is 0 Å². The predicted molar refractivity (Wildman–Crippen MR) is 331 cm³/mol. The van der Waals surface area contributed by atoms with Crippen LogP contribution in [0.2, 0.25) is 0 Å².